The molecule has 2 amide bonds. The molecular weight excluding hydrogens is 472 g/mol. The quantitative estimate of drug-likeness (QED) is 0.356. The van der Waals surface area contributed by atoms with Gasteiger partial charge in [-0.3, -0.25) is 14.3 Å². The summed E-state index contributed by atoms with van der Waals surface area (Å²) >= 11 is 6.38. The topological polar surface area (TPSA) is 58.4 Å². The average molecular weight is 499 g/mol. The van der Waals surface area contributed by atoms with Crippen molar-refractivity contribution in [3.05, 3.63) is 106 Å². The highest BCUT2D eigenvalue weighted by Crippen LogP contribution is 2.30. The number of hydrogen-bond acceptors (Lipinski definition) is 3. The lowest BCUT2D eigenvalue weighted by Gasteiger charge is -2.19. The molecule has 0 saturated carbocycles. The molecule has 0 spiro atoms. The fourth-order valence-corrected chi connectivity index (χ4v) is 4.90. The lowest BCUT2D eigenvalue weighted by molar-refractivity contribution is -0.116. The van der Waals surface area contributed by atoms with Gasteiger partial charge in [-0.05, 0) is 41.8 Å². The molecule has 0 aliphatic carbocycles. The number of amides is 2. The zero-order valence-electron chi connectivity index (χ0n) is 20.3. The van der Waals surface area contributed by atoms with E-state index >= 15 is 0 Å². The zero-order chi connectivity index (χ0) is 25.2. The SMILES string of the molecule is CC(=O)N1CCc2cc(C(=O)N(C)Cc3cn(Cc4ccccc4Cl)nc3-c3ccccc3)ccc21. The molecule has 0 radical (unpaired) electrons. The van der Waals surface area contributed by atoms with Crippen molar-refractivity contribution < 1.29 is 9.59 Å². The molecule has 3 aromatic carbocycles. The summed E-state index contributed by atoms with van der Waals surface area (Å²) in [5, 5.41) is 5.55. The summed E-state index contributed by atoms with van der Waals surface area (Å²) in [6.45, 7) is 3.16. The van der Waals surface area contributed by atoms with E-state index in [1.54, 1.807) is 29.8 Å². The van der Waals surface area contributed by atoms with Crippen LogP contribution in [0.1, 0.15) is 34.0 Å². The first-order valence-corrected chi connectivity index (χ1v) is 12.3. The van der Waals surface area contributed by atoms with E-state index in [0.717, 1.165) is 40.1 Å². The van der Waals surface area contributed by atoms with E-state index in [2.05, 4.69) is 0 Å². The Hall–Kier alpha value is -3.90. The summed E-state index contributed by atoms with van der Waals surface area (Å²) in [6, 6.07) is 23.3. The molecule has 1 aromatic heterocycles. The minimum Gasteiger partial charge on any atom is -0.337 e. The maximum atomic E-state index is 13.4. The van der Waals surface area contributed by atoms with Gasteiger partial charge in [0, 0.05) is 60.7 Å². The lowest BCUT2D eigenvalue weighted by atomic mass is 10.1. The number of carbonyl (C=O) groups excluding carboxylic acids is 2. The van der Waals surface area contributed by atoms with E-state index in [0.29, 0.717) is 30.2 Å². The van der Waals surface area contributed by atoms with E-state index in [1.807, 2.05) is 77.6 Å². The van der Waals surface area contributed by atoms with Crippen LogP contribution < -0.4 is 4.90 Å². The van der Waals surface area contributed by atoms with Crippen LogP contribution in [0.3, 0.4) is 0 Å². The van der Waals surface area contributed by atoms with E-state index in [1.165, 1.54) is 0 Å². The Balaban J connectivity index is 1.41. The molecule has 6 nitrogen and oxygen atoms in total. The Morgan fingerprint density at radius 3 is 2.50 bits per heavy atom. The molecule has 36 heavy (non-hydrogen) atoms. The zero-order valence-corrected chi connectivity index (χ0v) is 21.1. The third-order valence-electron chi connectivity index (χ3n) is 6.53. The Bertz CT molecular complexity index is 1430. The fourth-order valence-electron chi connectivity index (χ4n) is 4.71. The molecule has 0 unspecified atom stereocenters. The Labute approximate surface area is 215 Å². The molecule has 0 N–H and O–H groups in total. The van der Waals surface area contributed by atoms with E-state index < -0.39 is 0 Å². The number of halogens is 1. The van der Waals surface area contributed by atoms with Crippen molar-refractivity contribution in [1.29, 1.82) is 0 Å². The van der Waals surface area contributed by atoms with Gasteiger partial charge in [-0.2, -0.15) is 5.10 Å². The van der Waals surface area contributed by atoms with Crippen LogP contribution in [0.4, 0.5) is 5.69 Å². The maximum Gasteiger partial charge on any atom is 0.253 e. The molecule has 0 saturated heterocycles. The minimum atomic E-state index is -0.0723. The third kappa shape index (κ3) is 4.77. The van der Waals surface area contributed by atoms with E-state index in [9.17, 15) is 9.59 Å². The van der Waals surface area contributed by atoms with Gasteiger partial charge in [-0.25, -0.2) is 0 Å². The van der Waals surface area contributed by atoms with Crippen LogP contribution in [0.15, 0.2) is 79.0 Å². The summed E-state index contributed by atoms with van der Waals surface area (Å²) < 4.78 is 1.88. The highest BCUT2D eigenvalue weighted by molar-refractivity contribution is 6.31. The third-order valence-corrected chi connectivity index (χ3v) is 6.90. The van der Waals surface area contributed by atoms with Crippen LogP contribution in [0.2, 0.25) is 5.02 Å². The van der Waals surface area contributed by atoms with Gasteiger partial charge in [0.2, 0.25) is 5.91 Å². The predicted molar refractivity (Wildman–Crippen MR) is 142 cm³/mol. The number of fused-ring (bicyclic) bond motifs is 1. The number of aromatic nitrogens is 2. The van der Waals surface area contributed by atoms with E-state index in [4.69, 9.17) is 16.7 Å². The average Bonchev–Trinajstić information content (AvgIpc) is 3.49. The second-order valence-electron chi connectivity index (χ2n) is 9.08. The first kappa shape index (κ1) is 23.8. The number of hydrogen-bond donors (Lipinski definition) is 0. The number of carbonyl (C=O) groups is 2. The first-order valence-electron chi connectivity index (χ1n) is 11.9. The number of anilines is 1. The summed E-state index contributed by atoms with van der Waals surface area (Å²) in [7, 11) is 1.80. The second-order valence-corrected chi connectivity index (χ2v) is 9.49. The van der Waals surface area contributed by atoms with Gasteiger partial charge >= 0.3 is 0 Å². The van der Waals surface area contributed by atoms with Gasteiger partial charge < -0.3 is 9.80 Å². The van der Waals surface area contributed by atoms with Gasteiger partial charge in [-0.15, -0.1) is 0 Å². The van der Waals surface area contributed by atoms with Crippen molar-refractivity contribution in [3.63, 3.8) is 0 Å². The van der Waals surface area contributed by atoms with Crippen LogP contribution in [-0.4, -0.2) is 40.1 Å². The normalized spacial score (nSPS) is 12.5. The number of benzene rings is 3. The van der Waals surface area contributed by atoms with Crippen LogP contribution in [0.5, 0.6) is 0 Å². The number of rotatable bonds is 6. The predicted octanol–water partition coefficient (Wildman–Crippen LogP) is 5.43. The smallest absolute Gasteiger partial charge is 0.253 e. The number of nitrogens with zero attached hydrogens (tertiary/aromatic N) is 4. The van der Waals surface area contributed by atoms with Gasteiger partial charge in [0.25, 0.3) is 5.91 Å². The van der Waals surface area contributed by atoms with Gasteiger partial charge in [0.15, 0.2) is 0 Å². The molecule has 2 heterocycles. The minimum absolute atomic E-state index is 0.0205. The highest BCUT2D eigenvalue weighted by atomic mass is 35.5. The molecule has 4 aromatic rings. The largest absolute Gasteiger partial charge is 0.337 e. The van der Waals surface area contributed by atoms with Gasteiger partial charge in [0.05, 0.1) is 12.2 Å². The van der Waals surface area contributed by atoms with Crippen molar-refractivity contribution in [2.24, 2.45) is 0 Å². The van der Waals surface area contributed by atoms with Crippen molar-refractivity contribution >= 4 is 29.1 Å². The van der Waals surface area contributed by atoms with Crippen molar-refractivity contribution in [2.45, 2.75) is 26.4 Å². The first-order chi connectivity index (χ1) is 17.4. The van der Waals surface area contributed by atoms with Crippen LogP contribution >= 0.6 is 11.6 Å². The van der Waals surface area contributed by atoms with Crippen LogP contribution in [0, 0.1) is 0 Å². The molecule has 0 atom stereocenters. The molecular formula is C29H27ClN4O2. The molecule has 0 fully saturated rings. The van der Waals surface area contributed by atoms with Crippen LogP contribution in [-0.2, 0) is 24.3 Å². The van der Waals surface area contributed by atoms with Crippen molar-refractivity contribution in [1.82, 2.24) is 14.7 Å². The maximum absolute atomic E-state index is 13.4. The molecule has 7 heteroatoms. The van der Waals surface area contributed by atoms with Crippen LogP contribution in [0.25, 0.3) is 11.3 Å². The summed E-state index contributed by atoms with van der Waals surface area (Å²) in [6.07, 6.45) is 2.75. The lowest BCUT2D eigenvalue weighted by Crippen LogP contribution is -2.27. The molecule has 1 aliphatic heterocycles. The Kier molecular flexibility index (Phi) is 6.61. The van der Waals surface area contributed by atoms with Crippen molar-refractivity contribution in [3.8, 4) is 11.3 Å². The second kappa shape index (κ2) is 9.99. The summed E-state index contributed by atoms with van der Waals surface area (Å²) in [4.78, 5) is 28.7. The Morgan fingerprint density at radius 1 is 1.00 bits per heavy atom. The van der Waals surface area contributed by atoms with E-state index in [-0.39, 0.29) is 11.8 Å². The highest BCUT2D eigenvalue weighted by Gasteiger charge is 2.24. The summed E-state index contributed by atoms with van der Waals surface area (Å²) in [5.74, 6) is -0.0517. The van der Waals surface area contributed by atoms with Gasteiger partial charge in [0.1, 0.15) is 0 Å². The Morgan fingerprint density at radius 2 is 1.75 bits per heavy atom. The molecule has 0 bridgehead atoms. The molecule has 182 valence electrons. The fraction of sp³-hybridized carbons (Fsp3) is 0.207. The van der Waals surface area contributed by atoms with Gasteiger partial charge in [-0.1, -0.05) is 60.1 Å². The molecule has 5 rings (SSSR count). The monoisotopic (exact) mass is 498 g/mol. The summed E-state index contributed by atoms with van der Waals surface area (Å²) in [5.41, 5.74) is 6.31. The molecule has 1 aliphatic rings. The van der Waals surface area contributed by atoms with Crippen molar-refractivity contribution in [2.75, 3.05) is 18.5 Å². The standard InChI is InChI=1S/C29H27ClN4O2/c1-20(35)34-15-14-22-16-23(12-13-27(22)34)29(36)32(2)17-25-19-33(18-24-10-6-7-11-26(24)30)31-28(25)21-8-4-3-5-9-21/h3-13,16,19H,14-15,17-18H2,1-2H3.